The van der Waals surface area contributed by atoms with Gasteiger partial charge in [-0.05, 0) is 87.7 Å². The molecule has 0 radical (unpaired) electrons. The fraction of sp³-hybridized carbons (Fsp3) is 0.561. The average molecular weight is 812 g/mol. The number of benzene rings is 1. The predicted molar refractivity (Wildman–Crippen MR) is 198 cm³/mol. The molecule has 3 aromatic heterocycles. The summed E-state index contributed by atoms with van der Waals surface area (Å²) in [5.74, 6) is -5.29. The monoisotopic (exact) mass is 811 g/mol. The van der Waals surface area contributed by atoms with Gasteiger partial charge in [0, 0.05) is 73.7 Å². The zero-order valence-electron chi connectivity index (χ0n) is 31.7. The Morgan fingerprint density at radius 3 is 2.22 bits per heavy atom. The number of fused-ring (bicyclic) bond motifs is 1. The molecule has 2 N–H and O–H groups in total. The van der Waals surface area contributed by atoms with Crippen LogP contribution in [0.3, 0.4) is 0 Å². The number of amides is 1. The lowest BCUT2D eigenvalue weighted by Crippen LogP contribution is -2.70. The maximum Gasteiger partial charge on any atom is 0.434 e. The van der Waals surface area contributed by atoms with Crippen molar-refractivity contribution in [2.45, 2.75) is 113 Å². The fourth-order valence-corrected chi connectivity index (χ4v) is 11.0. The minimum absolute atomic E-state index is 0.0418. The van der Waals surface area contributed by atoms with Gasteiger partial charge in [-0.25, -0.2) is 37.9 Å². The van der Waals surface area contributed by atoms with Crippen LogP contribution in [-0.2, 0) is 11.0 Å². The number of carboxylic acid groups (broad SMARTS) is 1. The van der Waals surface area contributed by atoms with Gasteiger partial charge in [-0.2, -0.15) is 13.2 Å². The Morgan fingerprint density at radius 2 is 1.60 bits per heavy atom. The maximum atomic E-state index is 14.8. The highest BCUT2D eigenvalue weighted by Gasteiger charge is 2.62. The van der Waals surface area contributed by atoms with Gasteiger partial charge in [-0.1, -0.05) is 0 Å². The Bertz CT molecular complexity index is 2210. The van der Waals surface area contributed by atoms with Gasteiger partial charge >= 0.3 is 12.1 Å². The molecule has 6 fully saturated rings. The largest absolute Gasteiger partial charge is 0.490 e. The second-order valence-corrected chi connectivity index (χ2v) is 17.1. The van der Waals surface area contributed by atoms with Crippen molar-refractivity contribution in [3.05, 3.63) is 60.1 Å². The molecule has 11 nitrogen and oxygen atoms in total. The molecule has 6 aliphatic rings. The van der Waals surface area contributed by atoms with Crippen molar-refractivity contribution in [1.29, 1.82) is 0 Å². The quantitative estimate of drug-likeness (QED) is 0.169. The summed E-state index contributed by atoms with van der Waals surface area (Å²) in [4.78, 5) is 45.1. The van der Waals surface area contributed by atoms with Crippen molar-refractivity contribution in [1.82, 2.24) is 29.8 Å². The molecule has 0 spiro atoms. The third-order valence-electron chi connectivity index (χ3n) is 13.5. The summed E-state index contributed by atoms with van der Waals surface area (Å²) in [6.07, 6.45) is 3.43. The topological polar surface area (TPSA) is 135 Å². The predicted octanol–water partition coefficient (Wildman–Crippen LogP) is 8.24. The average Bonchev–Trinajstić information content (AvgIpc) is 3.54. The van der Waals surface area contributed by atoms with Crippen molar-refractivity contribution in [3.8, 4) is 17.1 Å². The van der Waals surface area contributed by atoms with Gasteiger partial charge in [0.1, 0.15) is 17.4 Å². The van der Waals surface area contributed by atoms with Crippen molar-refractivity contribution < 1.29 is 45.8 Å². The number of aliphatic carboxylic acids is 1. The highest BCUT2D eigenvalue weighted by atomic mass is 19.4. The standard InChI is InChI=1S/C41H43F6N7O4/c1-21-10-29(6-9-53(21)38-49-17-26(42)18-50-38)58-28-2-3-30-32(20-54(33(30)16-28)27-4-7-39(43,44)8-5-27)35-48-19-31(34(51-35)41(45,46)47)36(55)52-40(37(56)57)24-12-22-11-23(14-24)15-25(40)13-22/h2-3,16-25,27,29H,4-15H2,1H3,(H,52,55)(H,56,57). The van der Waals surface area contributed by atoms with Crippen LogP contribution in [0.25, 0.3) is 22.3 Å². The lowest BCUT2D eigenvalue weighted by molar-refractivity contribution is -0.163. The molecule has 1 saturated heterocycles. The lowest BCUT2D eigenvalue weighted by Gasteiger charge is -2.59. The van der Waals surface area contributed by atoms with Gasteiger partial charge in [0.05, 0.1) is 23.5 Å². The van der Waals surface area contributed by atoms with Crippen LogP contribution in [0.5, 0.6) is 5.75 Å². The van der Waals surface area contributed by atoms with E-state index < -0.39 is 52.6 Å². The van der Waals surface area contributed by atoms with E-state index >= 15 is 0 Å². The number of anilines is 1. The number of alkyl halides is 5. The van der Waals surface area contributed by atoms with Gasteiger partial charge in [0.2, 0.25) is 11.9 Å². The first-order valence-electron chi connectivity index (χ1n) is 20.0. The van der Waals surface area contributed by atoms with E-state index in [4.69, 9.17) is 4.74 Å². The summed E-state index contributed by atoms with van der Waals surface area (Å²) >= 11 is 0. The van der Waals surface area contributed by atoms with Crippen molar-refractivity contribution >= 4 is 28.7 Å². The summed E-state index contributed by atoms with van der Waals surface area (Å²) in [5.41, 5.74) is -3.30. The number of rotatable bonds is 8. The first kappa shape index (κ1) is 38.6. The second-order valence-electron chi connectivity index (χ2n) is 17.1. The Kier molecular flexibility index (Phi) is 9.38. The minimum atomic E-state index is -5.10. The number of nitrogens with one attached hydrogen (secondary N) is 1. The number of hydrogen-bond donors (Lipinski definition) is 2. The molecular formula is C41H43F6N7O4. The Hall–Kier alpha value is -4.96. The van der Waals surface area contributed by atoms with Crippen molar-refractivity contribution in [3.63, 3.8) is 0 Å². The number of halogens is 6. The van der Waals surface area contributed by atoms with E-state index in [0.29, 0.717) is 79.5 Å². The summed E-state index contributed by atoms with van der Waals surface area (Å²) < 4.78 is 94.8. The second kappa shape index (κ2) is 14.1. The molecule has 1 aromatic carbocycles. The molecule has 2 atom stereocenters. The molecule has 1 amide bonds. The van der Waals surface area contributed by atoms with Crippen molar-refractivity contribution in [2.75, 3.05) is 11.4 Å². The Balaban J connectivity index is 1.03. The van der Waals surface area contributed by atoms with E-state index in [1.54, 1.807) is 29.0 Å². The molecule has 10 rings (SSSR count). The number of carboxylic acids is 1. The lowest BCUT2D eigenvalue weighted by atomic mass is 9.48. The van der Waals surface area contributed by atoms with E-state index in [1.807, 2.05) is 11.8 Å². The molecule has 4 bridgehead atoms. The van der Waals surface area contributed by atoms with Crippen LogP contribution in [0.2, 0.25) is 0 Å². The summed E-state index contributed by atoms with van der Waals surface area (Å²) in [7, 11) is 0. The summed E-state index contributed by atoms with van der Waals surface area (Å²) in [5, 5.41) is 13.5. The van der Waals surface area contributed by atoms with Gasteiger partial charge in [0.15, 0.2) is 17.3 Å². The molecule has 58 heavy (non-hydrogen) atoms. The maximum absolute atomic E-state index is 14.8. The normalized spacial score (nSPS) is 29.5. The van der Waals surface area contributed by atoms with Crippen molar-refractivity contribution in [2.24, 2.45) is 23.7 Å². The van der Waals surface area contributed by atoms with E-state index in [2.05, 4.69) is 25.3 Å². The first-order valence-corrected chi connectivity index (χ1v) is 20.0. The van der Waals surface area contributed by atoms with Crippen LogP contribution >= 0.6 is 0 Å². The Labute approximate surface area is 329 Å². The number of aromatic nitrogens is 5. The van der Waals surface area contributed by atoms with E-state index in [0.717, 1.165) is 25.0 Å². The third-order valence-corrected chi connectivity index (χ3v) is 13.5. The van der Waals surface area contributed by atoms with E-state index in [-0.39, 0.29) is 61.1 Å². The van der Waals surface area contributed by atoms with Gasteiger partial charge in [-0.3, -0.25) is 4.79 Å². The summed E-state index contributed by atoms with van der Waals surface area (Å²) in [6.45, 7) is 2.53. The molecular weight excluding hydrogens is 768 g/mol. The van der Waals surface area contributed by atoms with Crippen LogP contribution in [-0.4, -0.2) is 71.6 Å². The molecule has 5 saturated carbocycles. The molecule has 308 valence electrons. The number of carbonyl (C=O) groups is 2. The SMILES string of the molecule is CC1CC(Oc2ccc3c(-c4ncc(C(=O)NC5(C(=O)O)C6CC7CC(C6)CC5C7)c(C(F)(F)F)n4)cn(C4CCC(F)(F)CC4)c3c2)CCN1c1ncc(F)cn1. The molecule has 17 heteroatoms. The number of carbonyl (C=O) groups excluding carboxylic acids is 1. The number of hydrogen-bond acceptors (Lipinski definition) is 8. The minimum Gasteiger partial charge on any atom is -0.490 e. The third kappa shape index (κ3) is 6.81. The van der Waals surface area contributed by atoms with Gasteiger partial charge < -0.3 is 24.6 Å². The zero-order valence-corrected chi connectivity index (χ0v) is 31.7. The number of ether oxygens (including phenoxy) is 1. The van der Waals surface area contributed by atoms with Crippen LogP contribution in [0.15, 0.2) is 43.0 Å². The molecule has 4 aromatic rings. The molecule has 1 aliphatic heterocycles. The van der Waals surface area contributed by atoms with Gasteiger partial charge in [-0.15, -0.1) is 0 Å². The first-order chi connectivity index (χ1) is 27.6. The van der Waals surface area contributed by atoms with E-state index in [1.165, 1.54) is 0 Å². The molecule has 4 heterocycles. The van der Waals surface area contributed by atoms with Crippen LogP contribution in [0, 0.1) is 29.5 Å². The van der Waals surface area contributed by atoms with E-state index in [9.17, 15) is 41.0 Å². The summed E-state index contributed by atoms with van der Waals surface area (Å²) in [6, 6.07) is 4.67. The van der Waals surface area contributed by atoms with Gasteiger partial charge in [0.25, 0.3) is 5.91 Å². The fourth-order valence-electron chi connectivity index (χ4n) is 11.0. The van der Waals surface area contributed by atoms with Crippen LogP contribution in [0.1, 0.15) is 99.6 Å². The molecule has 2 unspecified atom stereocenters. The highest BCUT2D eigenvalue weighted by Crippen LogP contribution is 2.58. The zero-order chi connectivity index (χ0) is 40.7. The Morgan fingerprint density at radius 1 is 0.931 bits per heavy atom. The van der Waals surface area contributed by atoms with Crippen LogP contribution in [0.4, 0.5) is 32.3 Å². The van der Waals surface area contributed by atoms with Crippen LogP contribution < -0.4 is 15.0 Å². The smallest absolute Gasteiger partial charge is 0.434 e. The highest BCUT2D eigenvalue weighted by molar-refractivity contribution is 6.00. The number of nitrogens with zero attached hydrogens (tertiary/aromatic N) is 6. The number of piperidine rings is 1. The molecule has 5 aliphatic carbocycles.